The fourth-order valence-electron chi connectivity index (χ4n) is 7.23. The maximum Gasteiger partial charge on any atom is 0.197 e. The van der Waals surface area contributed by atoms with E-state index in [1.165, 1.54) is 44.1 Å². The van der Waals surface area contributed by atoms with Crippen molar-refractivity contribution in [2.75, 3.05) is 0 Å². The van der Waals surface area contributed by atoms with Crippen LogP contribution in [-0.4, -0.2) is 10.9 Å². The third-order valence-electron chi connectivity index (χ3n) is 8.17. The zero-order valence-corrected chi connectivity index (χ0v) is 19.4. The van der Waals surface area contributed by atoms with E-state index in [9.17, 15) is 9.90 Å². The molecule has 7 rings (SSSR count). The van der Waals surface area contributed by atoms with Crippen LogP contribution in [0.3, 0.4) is 0 Å². The van der Waals surface area contributed by atoms with Gasteiger partial charge in [0.05, 0.1) is 10.0 Å². The molecule has 0 radical (unpaired) electrons. The Morgan fingerprint density at radius 3 is 2.35 bits per heavy atom. The number of carbonyl (C=O) groups excluding carboxylic acids is 1. The Bertz CT molecular complexity index is 1170. The van der Waals surface area contributed by atoms with Gasteiger partial charge in [0, 0.05) is 17.4 Å². The Hall–Kier alpha value is -2.07. The molecule has 0 atom stereocenters. The summed E-state index contributed by atoms with van der Waals surface area (Å²) in [6.07, 6.45) is 8.85. The van der Waals surface area contributed by atoms with E-state index in [0.717, 1.165) is 34.5 Å². The lowest BCUT2D eigenvalue weighted by Gasteiger charge is -2.57. The molecule has 3 aromatic rings. The van der Waals surface area contributed by atoms with Gasteiger partial charge in [0.2, 0.25) is 0 Å². The number of hydrogen-bond acceptors (Lipinski definition) is 3. The first-order chi connectivity index (χ1) is 15.0. The average molecular weight is 479 g/mol. The van der Waals surface area contributed by atoms with Crippen LogP contribution in [0.4, 0.5) is 0 Å². The summed E-state index contributed by atoms with van der Waals surface area (Å²) in [5, 5.41) is 10.8. The molecule has 1 aromatic heterocycles. The fraction of sp³-hybridized carbons (Fsp3) is 0.444. The summed E-state index contributed by atoms with van der Waals surface area (Å²) >= 11 is 3.34. The van der Waals surface area contributed by atoms with Gasteiger partial charge in [0.25, 0.3) is 0 Å². The van der Waals surface area contributed by atoms with Gasteiger partial charge >= 0.3 is 0 Å². The van der Waals surface area contributed by atoms with Gasteiger partial charge in [0.1, 0.15) is 17.1 Å². The summed E-state index contributed by atoms with van der Waals surface area (Å²) < 4.78 is 6.66. The predicted octanol–water partition coefficient (Wildman–Crippen LogP) is 7.16. The molecule has 4 fully saturated rings. The van der Waals surface area contributed by atoms with Gasteiger partial charge in [-0.25, -0.2) is 0 Å². The van der Waals surface area contributed by atoms with Crippen molar-refractivity contribution in [3.05, 3.63) is 63.3 Å². The second kappa shape index (κ2) is 6.96. The van der Waals surface area contributed by atoms with E-state index < -0.39 is 0 Å². The molecule has 4 heteroatoms. The maximum atomic E-state index is 13.6. The van der Waals surface area contributed by atoms with E-state index >= 15 is 0 Å². The van der Waals surface area contributed by atoms with Crippen molar-refractivity contribution in [2.24, 2.45) is 17.8 Å². The predicted molar refractivity (Wildman–Crippen MR) is 125 cm³/mol. The third kappa shape index (κ3) is 3.01. The van der Waals surface area contributed by atoms with Crippen molar-refractivity contribution >= 4 is 32.7 Å². The van der Waals surface area contributed by atoms with E-state index in [4.69, 9.17) is 4.42 Å². The molecule has 4 aliphatic rings. The topological polar surface area (TPSA) is 50.4 Å². The van der Waals surface area contributed by atoms with Crippen molar-refractivity contribution in [3.8, 4) is 5.75 Å². The lowest BCUT2D eigenvalue weighted by Crippen LogP contribution is -2.48. The Morgan fingerprint density at radius 2 is 1.74 bits per heavy atom. The van der Waals surface area contributed by atoms with Crippen LogP contribution < -0.4 is 0 Å². The molecule has 1 N–H and O–H groups in total. The summed E-state index contributed by atoms with van der Waals surface area (Å²) in [7, 11) is 0. The Kier molecular flexibility index (Phi) is 4.40. The Balaban J connectivity index is 1.47. The van der Waals surface area contributed by atoms with E-state index in [1.54, 1.807) is 18.2 Å². The zero-order chi connectivity index (χ0) is 21.3. The second-order valence-corrected chi connectivity index (χ2v) is 11.0. The highest BCUT2D eigenvalue weighted by Crippen LogP contribution is 2.61. The highest BCUT2D eigenvalue weighted by atomic mass is 79.9. The van der Waals surface area contributed by atoms with Gasteiger partial charge in [-0.2, -0.15) is 0 Å². The molecule has 3 nitrogen and oxygen atoms in total. The van der Waals surface area contributed by atoms with Crippen LogP contribution in [0.25, 0.3) is 11.0 Å². The minimum atomic E-state index is -0.0426. The van der Waals surface area contributed by atoms with Crippen molar-refractivity contribution in [1.82, 2.24) is 0 Å². The summed E-state index contributed by atoms with van der Waals surface area (Å²) in [6.45, 7) is 2.03. The van der Waals surface area contributed by atoms with E-state index in [-0.39, 0.29) is 16.9 Å². The minimum Gasteiger partial charge on any atom is -0.507 e. The molecule has 0 amide bonds. The number of ketones is 1. The van der Waals surface area contributed by atoms with Gasteiger partial charge in [-0.15, -0.1) is 0 Å². The number of halogens is 1. The van der Waals surface area contributed by atoms with Gasteiger partial charge in [0.15, 0.2) is 5.78 Å². The first-order valence-corrected chi connectivity index (χ1v) is 12.3. The number of phenolic OH excluding ortho intramolecular Hbond substituents is 1. The first kappa shape index (κ1) is 19.6. The first-order valence-electron chi connectivity index (χ1n) is 11.5. The molecule has 2 aromatic carbocycles. The molecular formula is C27H27BrO3. The van der Waals surface area contributed by atoms with Crippen LogP contribution in [0.2, 0.25) is 0 Å². The quantitative estimate of drug-likeness (QED) is 0.404. The monoisotopic (exact) mass is 478 g/mol. The van der Waals surface area contributed by atoms with Gasteiger partial charge < -0.3 is 9.52 Å². The normalized spacial score (nSPS) is 29.0. The van der Waals surface area contributed by atoms with Crippen molar-refractivity contribution in [2.45, 2.75) is 57.3 Å². The van der Waals surface area contributed by atoms with E-state index in [1.807, 2.05) is 6.92 Å². The van der Waals surface area contributed by atoms with Crippen molar-refractivity contribution in [3.63, 3.8) is 0 Å². The number of aryl methyl sites for hydroxylation is 1. The summed E-state index contributed by atoms with van der Waals surface area (Å²) in [5.74, 6) is 3.48. The number of aromatic hydroxyl groups is 1. The molecule has 4 bridgehead atoms. The number of rotatable bonds is 4. The lowest BCUT2D eigenvalue weighted by atomic mass is 9.48. The van der Waals surface area contributed by atoms with Gasteiger partial charge in [-0.05, 0) is 114 Å². The van der Waals surface area contributed by atoms with Crippen molar-refractivity contribution in [1.29, 1.82) is 0 Å². The average Bonchev–Trinajstić information content (AvgIpc) is 3.12. The molecule has 0 unspecified atom stereocenters. The van der Waals surface area contributed by atoms with Crippen LogP contribution in [0.15, 0.2) is 45.3 Å². The molecule has 0 spiro atoms. The van der Waals surface area contributed by atoms with Crippen LogP contribution in [0.1, 0.15) is 72.7 Å². The SMILES string of the molecule is CCc1oc2ccc(C34CC5CC(CC(C5)C3)C4)cc2c1C(=O)c1ccc(O)c(Br)c1. The molecular weight excluding hydrogens is 452 g/mol. The molecule has 4 aliphatic carbocycles. The van der Waals surface area contributed by atoms with Crippen LogP contribution >= 0.6 is 15.9 Å². The number of hydrogen-bond donors (Lipinski definition) is 1. The summed E-state index contributed by atoms with van der Waals surface area (Å²) in [4.78, 5) is 13.6. The molecule has 1 heterocycles. The molecule has 160 valence electrons. The molecule has 31 heavy (non-hydrogen) atoms. The number of furan rings is 1. The molecule has 0 aliphatic heterocycles. The molecule has 0 saturated heterocycles. The van der Waals surface area contributed by atoms with Crippen LogP contribution in [-0.2, 0) is 11.8 Å². The highest BCUT2D eigenvalue weighted by Gasteiger charge is 2.51. The van der Waals surface area contributed by atoms with Crippen molar-refractivity contribution < 1.29 is 14.3 Å². The van der Waals surface area contributed by atoms with Crippen LogP contribution in [0, 0.1) is 17.8 Å². The smallest absolute Gasteiger partial charge is 0.197 e. The summed E-state index contributed by atoms with van der Waals surface area (Å²) in [6, 6.07) is 11.6. The highest BCUT2D eigenvalue weighted by molar-refractivity contribution is 9.10. The number of fused-ring (bicyclic) bond motifs is 1. The third-order valence-corrected chi connectivity index (χ3v) is 8.80. The largest absolute Gasteiger partial charge is 0.507 e. The Morgan fingerprint density at radius 1 is 1.06 bits per heavy atom. The number of carbonyl (C=O) groups is 1. The van der Waals surface area contributed by atoms with Gasteiger partial charge in [-0.3, -0.25) is 4.79 Å². The number of phenols is 1. The minimum absolute atomic E-state index is 0.0426. The maximum absolute atomic E-state index is 13.6. The second-order valence-electron chi connectivity index (χ2n) is 10.2. The fourth-order valence-corrected chi connectivity index (χ4v) is 7.61. The van der Waals surface area contributed by atoms with E-state index in [2.05, 4.69) is 34.1 Å². The molecule has 4 saturated carbocycles. The van der Waals surface area contributed by atoms with Crippen LogP contribution in [0.5, 0.6) is 5.75 Å². The standard InChI is InChI=1S/C27H27BrO3/c1-2-23-25(26(30)18-3-5-22(29)21(28)10-18)20-11-19(4-6-24(20)31-23)27-12-15-7-16(13-27)9-17(8-15)14-27/h3-6,10-11,15-17,29H,2,7-9,12-14H2,1H3. The Labute approximate surface area is 191 Å². The van der Waals surface area contributed by atoms with Gasteiger partial charge in [-0.1, -0.05) is 13.0 Å². The van der Waals surface area contributed by atoms with E-state index in [0.29, 0.717) is 22.0 Å². The lowest BCUT2D eigenvalue weighted by molar-refractivity contribution is -0.00513. The number of benzene rings is 2. The zero-order valence-electron chi connectivity index (χ0n) is 17.8. The summed E-state index contributed by atoms with van der Waals surface area (Å²) in [5.41, 5.74) is 3.73.